The minimum Gasteiger partial charge on any atom is -0.460 e. The molecule has 28 heavy (non-hydrogen) atoms. The molecule has 0 unspecified atom stereocenters. The summed E-state index contributed by atoms with van der Waals surface area (Å²) in [7, 11) is -5.58. The van der Waals surface area contributed by atoms with Gasteiger partial charge in [0.05, 0.1) is 12.0 Å². The molecule has 160 valence electrons. The second-order valence-electron chi connectivity index (χ2n) is 7.27. The molecule has 10 heteroatoms. The highest BCUT2D eigenvalue weighted by Crippen LogP contribution is 2.32. The first-order valence-corrected chi connectivity index (χ1v) is 10.2. The van der Waals surface area contributed by atoms with Crippen molar-refractivity contribution >= 4 is 16.1 Å². The number of carbonyl (C=O) groups is 1. The molecule has 0 amide bonds. The fourth-order valence-electron chi connectivity index (χ4n) is 2.42. The highest BCUT2D eigenvalue weighted by molar-refractivity contribution is 7.87. The van der Waals surface area contributed by atoms with E-state index in [1.54, 1.807) is 20.8 Å². The largest absolute Gasteiger partial charge is 0.523 e. The number of alkyl halides is 3. The van der Waals surface area contributed by atoms with Crippen molar-refractivity contribution in [3.8, 4) is 0 Å². The van der Waals surface area contributed by atoms with Crippen molar-refractivity contribution in [2.24, 2.45) is 5.92 Å². The highest BCUT2D eigenvalue weighted by Gasteiger charge is 2.49. The number of halogens is 3. The molecular formula is C18H26F3NO5S. The summed E-state index contributed by atoms with van der Waals surface area (Å²) in [6.45, 7) is 5.15. The molecule has 0 bridgehead atoms. The average Bonchev–Trinajstić information content (AvgIpc) is 2.85. The normalized spacial score (nSPS) is 22.5. The van der Waals surface area contributed by atoms with Crippen LogP contribution in [0.5, 0.6) is 0 Å². The van der Waals surface area contributed by atoms with Crippen LogP contribution < -0.4 is 5.32 Å². The Morgan fingerprint density at radius 2 is 1.46 bits per heavy atom. The Morgan fingerprint density at radius 1 is 0.964 bits per heavy atom. The molecule has 0 spiro atoms. The van der Waals surface area contributed by atoms with Gasteiger partial charge in [-0.25, -0.2) is 0 Å². The third-order valence-electron chi connectivity index (χ3n) is 3.68. The summed E-state index contributed by atoms with van der Waals surface area (Å²) in [6, 6.07) is 0. The Labute approximate surface area is 163 Å². The van der Waals surface area contributed by atoms with Crippen molar-refractivity contribution in [2.75, 3.05) is 0 Å². The van der Waals surface area contributed by atoms with Crippen LogP contribution in [-0.4, -0.2) is 31.6 Å². The maximum absolute atomic E-state index is 12.2. The van der Waals surface area contributed by atoms with Crippen LogP contribution in [0, 0.1) is 5.92 Å². The molecule has 1 N–H and O–H groups in total. The van der Waals surface area contributed by atoms with Crippen molar-refractivity contribution in [3.63, 3.8) is 0 Å². The van der Waals surface area contributed by atoms with Gasteiger partial charge < -0.3 is 10.1 Å². The molecule has 1 heterocycles. The second-order valence-corrected chi connectivity index (χ2v) is 8.84. The molecule has 0 radical (unpaired) electrons. The molecule has 2 aliphatic rings. The van der Waals surface area contributed by atoms with Crippen molar-refractivity contribution in [1.82, 2.24) is 5.32 Å². The van der Waals surface area contributed by atoms with Crippen molar-refractivity contribution < 1.29 is 35.3 Å². The van der Waals surface area contributed by atoms with Crippen LogP contribution in [-0.2, 0) is 23.8 Å². The Kier molecular flexibility index (Phi) is 8.75. The summed E-state index contributed by atoms with van der Waals surface area (Å²) < 4.78 is 67.7. The molecule has 0 aromatic heterocycles. The Bertz CT molecular complexity index is 684. The zero-order valence-electron chi connectivity index (χ0n) is 16.0. The van der Waals surface area contributed by atoms with Crippen LogP contribution in [0.4, 0.5) is 13.2 Å². The Balaban J connectivity index is 0.000000467. The van der Waals surface area contributed by atoms with Crippen LogP contribution in [0.1, 0.15) is 46.5 Å². The van der Waals surface area contributed by atoms with E-state index in [2.05, 4.69) is 9.50 Å². The molecule has 1 fully saturated rings. The van der Waals surface area contributed by atoms with E-state index in [-0.39, 0.29) is 25.7 Å². The average molecular weight is 425 g/mol. The maximum atomic E-state index is 12.2. The smallest absolute Gasteiger partial charge is 0.460 e. The van der Waals surface area contributed by atoms with Crippen LogP contribution in [0.2, 0.25) is 0 Å². The topological polar surface area (TPSA) is 81.7 Å². The quantitative estimate of drug-likeness (QED) is 0.419. The highest BCUT2D eigenvalue weighted by atomic mass is 32.2. The molecule has 1 aliphatic heterocycles. The molecule has 0 atom stereocenters. The van der Waals surface area contributed by atoms with Crippen LogP contribution in [0.3, 0.4) is 0 Å². The van der Waals surface area contributed by atoms with E-state index in [1.165, 1.54) is 0 Å². The number of esters is 1. The summed E-state index contributed by atoms with van der Waals surface area (Å²) >= 11 is 0. The second kappa shape index (κ2) is 10.1. The van der Waals surface area contributed by atoms with Gasteiger partial charge in [-0.3, -0.25) is 8.98 Å². The lowest BCUT2D eigenvalue weighted by Crippen LogP contribution is -2.35. The predicted octanol–water partition coefficient (Wildman–Crippen LogP) is 3.93. The lowest BCUT2D eigenvalue weighted by molar-refractivity contribution is -0.161. The molecule has 1 aliphatic carbocycles. The third-order valence-corrected chi connectivity index (χ3v) is 4.77. The minimum absolute atomic E-state index is 0.0687. The number of hydrogen-bond acceptors (Lipinski definition) is 6. The standard InChI is InChI=1S/C12H19F3O5S.C6H7N/c1-11(2,3)19-10(16)8-4-6-9(7-5-8)20-21(17,18)12(13,14)15;1-2-4-6-7-5-3-1/h8-9H,4-7H2,1-3H3;1-7H. The molecular weight excluding hydrogens is 399 g/mol. The molecule has 2 rings (SSSR count). The number of carbonyl (C=O) groups excluding carboxylic acids is 1. The van der Waals surface area contributed by atoms with E-state index in [1.807, 2.05) is 36.7 Å². The molecule has 0 aromatic rings. The molecule has 0 aromatic carbocycles. The summed E-state index contributed by atoms with van der Waals surface area (Å²) in [4.78, 5) is 11.8. The molecule has 1 saturated carbocycles. The zero-order chi connectivity index (χ0) is 21.4. The third kappa shape index (κ3) is 8.92. The van der Waals surface area contributed by atoms with Gasteiger partial charge in [-0.1, -0.05) is 12.2 Å². The summed E-state index contributed by atoms with van der Waals surface area (Å²) in [6.07, 6.45) is 11.2. The number of nitrogens with one attached hydrogen (secondary N) is 1. The van der Waals surface area contributed by atoms with Gasteiger partial charge in [0, 0.05) is 12.4 Å². The zero-order valence-corrected chi connectivity index (χ0v) is 16.8. The van der Waals surface area contributed by atoms with Gasteiger partial charge in [0.15, 0.2) is 0 Å². The maximum Gasteiger partial charge on any atom is 0.523 e. The van der Waals surface area contributed by atoms with Crippen molar-refractivity contribution in [3.05, 3.63) is 36.7 Å². The number of allylic oxidation sites excluding steroid dienone is 4. The van der Waals surface area contributed by atoms with E-state index in [0.29, 0.717) is 0 Å². The first kappa shape index (κ1) is 24.2. The van der Waals surface area contributed by atoms with Gasteiger partial charge in [0.1, 0.15) is 5.60 Å². The predicted molar refractivity (Wildman–Crippen MR) is 98.2 cm³/mol. The minimum atomic E-state index is -5.58. The molecule has 6 nitrogen and oxygen atoms in total. The lowest BCUT2D eigenvalue weighted by atomic mass is 9.87. The number of hydrogen-bond donors (Lipinski definition) is 1. The first-order chi connectivity index (χ1) is 12.8. The van der Waals surface area contributed by atoms with E-state index >= 15 is 0 Å². The van der Waals surface area contributed by atoms with Crippen molar-refractivity contribution in [1.29, 1.82) is 0 Å². The fraction of sp³-hybridized carbons (Fsp3) is 0.611. The van der Waals surface area contributed by atoms with E-state index in [9.17, 15) is 26.4 Å². The van der Waals surface area contributed by atoms with E-state index < -0.39 is 39.2 Å². The van der Waals surface area contributed by atoms with E-state index in [0.717, 1.165) is 0 Å². The summed E-state index contributed by atoms with van der Waals surface area (Å²) in [5.74, 6) is -0.850. The van der Waals surface area contributed by atoms with Gasteiger partial charge in [-0.2, -0.15) is 21.6 Å². The monoisotopic (exact) mass is 425 g/mol. The van der Waals surface area contributed by atoms with Gasteiger partial charge in [-0.05, 0) is 58.6 Å². The number of rotatable bonds is 3. The van der Waals surface area contributed by atoms with Gasteiger partial charge >= 0.3 is 21.6 Å². The number of ether oxygens (including phenoxy) is 1. The SMILES string of the molecule is C1=CC=CNC=C1.CC(C)(C)OC(=O)C1CCC(OS(=O)(=O)C(F)(F)F)CC1. The van der Waals surface area contributed by atoms with Crippen LogP contribution >= 0.6 is 0 Å². The Morgan fingerprint density at radius 3 is 1.89 bits per heavy atom. The van der Waals surface area contributed by atoms with Crippen LogP contribution in [0.15, 0.2) is 36.7 Å². The van der Waals surface area contributed by atoms with Crippen molar-refractivity contribution in [2.45, 2.75) is 63.7 Å². The first-order valence-electron chi connectivity index (χ1n) is 8.78. The van der Waals surface area contributed by atoms with Gasteiger partial charge in [-0.15, -0.1) is 0 Å². The van der Waals surface area contributed by atoms with Gasteiger partial charge in [0.25, 0.3) is 0 Å². The summed E-state index contributed by atoms with van der Waals surface area (Å²) in [5, 5.41) is 2.92. The lowest BCUT2D eigenvalue weighted by Gasteiger charge is -2.29. The summed E-state index contributed by atoms with van der Waals surface area (Å²) in [5.41, 5.74) is -6.06. The van der Waals surface area contributed by atoms with Gasteiger partial charge in [0.2, 0.25) is 0 Å². The molecule has 0 saturated heterocycles. The fourth-order valence-corrected chi connectivity index (χ4v) is 3.08. The van der Waals surface area contributed by atoms with E-state index in [4.69, 9.17) is 4.74 Å². The Hall–Kier alpha value is -1.81. The van der Waals surface area contributed by atoms with Crippen LogP contribution in [0.25, 0.3) is 0 Å².